The molecule has 11 heteroatoms. The Kier molecular flexibility index (Phi) is 6.83. The molecule has 0 aliphatic heterocycles. The Labute approximate surface area is 155 Å². The lowest BCUT2D eigenvalue weighted by molar-refractivity contribution is -0.137. The van der Waals surface area contributed by atoms with Crippen molar-refractivity contribution in [2.75, 3.05) is 0 Å². The third kappa shape index (κ3) is 6.03. The predicted molar refractivity (Wildman–Crippen MR) is 91.6 cm³/mol. The number of carbonyl (C=O) groups excluding carboxylic acids is 1. The lowest BCUT2D eigenvalue weighted by Gasteiger charge is -2.27. The number of hydrogen-bond donors (Lipinski definition) is 2. The van der Waals surface area contributed by atoms with E-state index in [9.17, 15) is 18.0 Å². The second-order valence-electron chi connectivity index (χ2n) is 6.63. The second-order valence-corrected chi connectivity index (χ2v) is 6.63. The van der Waals surface area contributed by atoms with Gasteiger partial charge in [-0.15, -0.1) is 12.4 Å². The van der Waals surface area contributed by atoms with E-state index >= 15 is 0 Å². The van der Waals surface area contributed by atoms with Gasteiger partial charge >= 0.3 is 6.18 Å². The van der Waals surface area contributed by atoms with E-state index in [-0.39, 0.29) is 19.0 Å². The largest absolute Gasteiger partial charge is 0.419 e. The SMILES string of the molecule is Cl.Cn1cc(C[C@@H](N)C(=O)NC(C)(C)Cn2cc(C(F)(F)F)cn2)cn1. The highest BCUT2D eigenvalue weighted by molar-refractivity contribution is 5.85. The van der Waals surface area contributed by atoms with Crippen LogP contribution < -0.4 is 11.1 Å². The van der Waals surface area contributed by atoms with Gasteiger partial charge in [-0.25, -0.2) is 0 Å². The Morgan fingerprint density at radius 3 is 2.42 bits per heavy atom. The molecular weight excluding hydrogens is 373 g/mol. The Morgan fingerprint density at radius 2 is 1.92 bits per heavy atom. The molecule has 0 radical (unpaired) electrons. The minimum atomic E-state index is -4.45. The number of nitrogens with zero attached hydrogens (tertiary/aromatic N) is 4. The molecule has 2 heterocycles. The highest BCUT2D eigenvalue weighted by Crippen LogP contribution is 2.28. The molecule has 1 amide bonds. The summed E-state index contributed by atoms with van der Waals surface area (Å²) in [5, 5.41) is 10.4. The summed E-state index contributed by atoms with van der Waals surface area (Å²) in [7, 11) is 1.76. The normalized spacial score (nSPS) is 13.2. The summed E-state index contributed by atoms with van der Waals surface area (Å²) in [6, 6.07) is -0.785. The highest BCUT2D eigenvalue weighted by Gasteiger charge is 2.33. The number of alkyl halides is 3. The van der Waals surface area contributed by atoms with Gasteiger partial charge in [0.05, 0.1) is 36.1 Å². The fourth-order valence-electron chi connectivity index (χ4n) is 2.39. The maximum absolute atomic E-state index is 12.6. The highest BCUT2D eigenvalue weighted by atomic mass is 35.5. The van der Waals surface area contributed by atoms with E-state index in [0.29, 0.717) is 6.42 Å². The Hall–Kier alpha value is -2.07. The lowest BCUT2D eigenvalue weighted by atomic mass is 10.0. The van der Waals surface area contributed by atoms with Crippen molar-refractivity contribution < 1.29 is 18.0 Å². The van der Waals surface area contributed by atoms with Crippen molar-refractivity contribution in [2.24, 2.45) is 12.8 Å². The van der Waals surface area contributed by atoms with Gasteiger partial charge in [0.1, 0.15) is 0 Å². The molecular formula is C15H22ClF3N6O. The molecule has 0 aliphatic carbocycles. The monoisotopic (exact) mass is 394 g/mol. The molecule has 1 atom stereocenters. The second kappa shape index (κ2) is 8.09. The van der Waals surface area contributed by atoms with E-state index < -0.39 is 29.2 Å². The van der Waals surface area contributed by atoms with Crippen LogP contribution >= 0.6 is 12.4 Å². The summed E-state index contributed by atoms with van der Waals surface area (Å²) in [6.45, 7) is 3.46. The number of amides is 1. The summed E-state index contributed by atoms with van der Waals surface area (Å²) in [5.41, 5.74) is 5.07. The summed E-state index contributed by atoms with van der Waals surface area (Å²) < 4.78 is 40.6. The zero-order valence-corrected chi connectivity index (χ0v) is 15.4. The van der Waals surface area contributed by atoms with Gasteiger partial charge in [-0.3, -0.25) is 14.2 Å². The van der Waals surface area contributed by atoms with E-state index in [2.05, 4.69) is 15.5 Å². The first-order valence-electron chi connectivity index (χ1n) is 7.61. The smallest absolute Gasteiger partial charge is 0.348 e. The van der Waals surface area contributed by atoms with Crippen LogP contribution in [0.4, 0.5) is 13.2 Å². The number of hydrogen-bond acceptors (Lipinski definition) is 4. The molecule has 0 aromatic carbocycles. The molecule has 2 aromatic rings. The van der Waals surface area contributed by atoms with Crippen molar-refractivity contribution >= 4 is 18.3 Å². The number of aromatic nitrogens is 4. The third-order valence-electron chi connectivity index (χ3n) is 3.53. The molecule has 0 aliphatic rings. The van der Waals surface area contributed by atoms with Crippen molar-refractivity contribution in [1.82, 2.24) is 24.9 Å². The van der Waals surface area contributed by atoms with Crippen LogP contribution in [0.3, 0.4) is 0 Å². The van der Waals surface area contributed by atoms with Crippen LogP contribution in [0, 0.1) is 0 Å². The van der Waals surface area contributed by atoms with Crippen LogP contribution in [0.5, 0.6) is 0 Å². The predicted octanol–water partition coefficient (Wildman–Crippen LogP) is 1.52. The van der Waals surface area contributed by atoms with Crippen molar-refractivity contribution in [2.45, 2.75) is 44.6 Å². The molecule has 3 N–H and O–H groups in total. The molecule has 0 fully saturated rings. The minimum absolute atomic E-state index is 0. The van der Waals surface area contributed by atoms with Gasteiger partial charge in [-0.05, 0) is 25.8 Å². The lowest BCUT2D eigenvalue weighted by Crippen LogP contribution is -2.53. The van der Waals surface area contributed by atoms with E-state index in [0.717, 1.165) is 22.6 Å². The van der Waals surface area contributed by atoms with Crippen LogP contribution in [0.25, 0.3) is 0 Å². The third-order valence-corrected chi connectivity index (χ3v) is 3.53. The number of rotatable bonds is 6. The van der Waals surface area contributed by atoms with Crippen molar-refractivity contribution in [3.05, 3.63) is 35.9 Å². The van der Waals surface area contributed by atoms with Crippen LogP contribution in [-0.2, 0) is 31.0 Å². The molecule has 0 saturated carbocycles. The maximum atomic E-state index is 12.6. The van der Waals surface area contributed by atoms with Crippen LogP contribution in [-0.4, -0.2) is 37.0 Å². The number of nitrogens with two attached hydrogens (primary N) is 1. The Morgan fingerprint density at radius 1 is 1.27 bits per heavy atom. The van der Waals surface area contributed by atoms with Crippen LogP contribution in [0.15, 0.2) is 24.8 Å². The average Bonchev–Trinajstić information content (AvgIpc) is 3.06. The number of aryl methyl sites for hydroxylation is 1. The zero-order valence-electron chi connectivity index (χ0n) is 14.6. The molecule has 26 heavy (non-hydrogen) atoms. The van der Waals surface area contributed by atoms with Gasteiger partial charge in [-0.1, -0.05) is 0 Å². The topological polar surface area (TPSA) is 90.8 Å². The van der Waals surface area contributed by atoms with Gasteiger partial charge in [0.2, 0.25) is 5.91 Å². The van der Waals surface area contributed by atoms with Gasteiger partial charge in [0, 0.05) is 19.4 Å². The maximum Gasteiger partial charge on any atom is 0.419 e. The van der Waals surface area contributed by atoms with Crippen molar-refractivity contribution in [1.29, 1.82) is 0 Å². The molecule has 0 unspecified atom stereocenters. The molecule has 2 aromatic heterocycles. The molecule has 7 nitrogen and oxygen atoms in total. The quantitative estimate of drug-likeness (QED) is 0.777. The summed E-state index contributed by atoms with van der Waals surface area (Å²) in [6.07, 6.45) is 0.921. The van der Waals surface area contributed by atoms with E-state index in [1.807, 2.05) is 0 Å². The number of nitrogens with one attached hydrogen (secondary N) is 1. The fraction of sp³-hybridized carbons (Fsp3) is 0.533. The number of carbonyl (C=O) groups is 1. The van der Waals surface area contributed by atoms with Crippen molar-refractivity contribution in [3.8, 4) is 0 Å². The Balaban J connectivity index is 0.00000338. The first kappa shape index (κ1) is 22.0. The summed E-state index contributed by atoms with van der Waals surface area (Å²) >= 11 is 0. The van der Waals surface area contributed by atoms with Gasteiger partial charge in [-0.2, -0.15) is 23.4 Å². The fourth-order valence-corrected chi connectivity index (χ4v) is 2.39. The van der Waals surface area contributed by atoms with E-state index in [4.69, 9.17) is 5.73 Å². The van der Waals surface area contributed by atoms with Crippen LogP contribution in [0.1, 0.15) is 25.0 Å². The van der Waals surface area contributed by atoms with E-state index in [1.165, 1.54) is 0 Å². The molecule has 0 bridgehead atoms. The Bertz CT molecular complexity index is 740. The molecule has 146 valence electrons. The standard InChI is InChI=1S/C15H21F3N6O.ClH/c1-14(2,9-24-8-11(6-21-24)15(16,17)18)22-13(25)12(19)4-10-5-20-23(3)7-10;/h5-8,12H,4,9,19H2,1-3H3,(H,22,25);1H/t12-;/m1./s1. The molecule has 0 spiro atoms. The van der Waals surface area contributed by atoms with Gasteiger partial charge in [0.15, 0.2) is 0 Å². The van der Waals surface area contributed by atoms with Gasteiger partial charge < -0.3 is 11.1 Å². The zero-order chi connectivity index (χ0) is 18.8. The van der Waals surface area contributed by atoms with Crippen LogP contribution in [0.2, 0.25) is 0 Å². The summed E-state index contributed by atoms with van der Waals surface area (Å²) in [5.74, 6) is -0.392. The first-order valence-corrected chi connectivity index (χ1v) is 7.61. The molecule has 2 rings (SSSR count). The van der Waals surface area contributed by atoms with Crippen molar-refractivity contribution in [3.63, 3.8) is 0 Å². The first-order chi connectivity index (χ1) is 11.5. The number of halogens is 4. The van der Waals surface area contributed by atoms with E-state index in [1.54, 1.807) is 38.0 Å². The minimum Gasteiger partial charge on any atom is -0.348 e. The average molecular weight is 395 g/mol. The summed E-state index contributed by atoms with van der Waals surface area (Å²) in [4.78, 5) is 12.3. The molecule has 0 saturated heterocycles. The van der Waals surface area contributed by atoms with Gasteiger partial charge in [0.25, 0.3) is 0 Å².